The average molecular weight is 789 g/mol. The van der Waals surface area contributed by atoms with E-state index in [-0.39, 0.29) is 0 Å². The monoisotopic (exact) mass is 786 g/mol. The molecule has 0 N–H and O–H groups in total. The van der Waals surface area contributed by atoms with E-state index in [1.54, 1.807) is 30.5 Å². The van der Waals surface area contributed by atoms with Crippen molar-refractivity contribution >= 4 is 81.4 Å². The highest BCUT2D eigenvalue weighted by atomic mass is 35.5. The van der Waals surface area contributed by atoms with Crippen LogP contribution in [0.5, 0.6) is 6.01 Å². The van der Waals surface area contributed by atoms with Crippen molar-refractivity contribution in [3.8, 4) is 50.8 Å². The second-order valence-electron chi connectivity index (χ2n) is 10.5. The Morgan fingerprint density at radius 2 is 1.04 bits per heavy atom. The molecule has 0 bridgehead atoms. The fourth-order valence-corrected chi connectivity index (χ4v) is 6.25. The third-order valence-corrected chi connectivity index (χ3v) is 9.29. The van der Waals surface area contributed by atoms with Crippen LogP contribution < -0.4 is 4.74 Å². The van der Waals surface area contributed by atoms with Crippen LogP contribution in [0.25, 0.3) is 44.8 Å². The predicted molar refractivity (Wildman–Crippen MR) is 208 cm³/mol. The molecule has 0 aliphatic heterocycles. The van der Waals surface area contributed by atoms with E-state index in [0.717, 1.165) is 51.9 Å². The minimum atomic E-state index is 0.331. The number of benzene rings is 4. The summed E-state index contributed by atoms with van der Waals surface area (Å²) in [6.45, 7) is 2.68. The number of thioether (sulfide) groups is 1. The molecule has 4 aromatic carbocycles. The molecular formula is C37H28Cl6N4OS. The Labute approximate surface area is 319 Å². The number of hydrogen-bond donors (Lipinski definition) is 0. The lowest BCUT2D eigenvalue weighted by Crippen LogP contribution is -2.02. The minimum Gasteiger partial charge on any atom is -0.463 e. The van der Waals surface area contributed by atoms with Crippen molar-refractivity contribution in [3.05, 3.63) is 127 Å². The Hall–Kier alpha value is -3.07. The molecule has 0 aliphatic carbocycles. The summed E-state index contributed by atoms with van der Waals surface area (Å²) in [6.07, 6.45) is 7.47. The van der Waals surface area contributed by atoms with Gasteiger partial charge in [-0.05, 0) is 84.5 Å². The van der Waals surface area contributed by atoms with E-state index in [1.807, 2.05) is 73.1 Å². The number of hydrogen-bond acceptors (Lipinski definition) is 6. The van der Waals surface area contributed by atoms with E-state index >= 15 is 0 Å². The van der Waals surface area contributed by atoms with E-state index in [0.29, 0.717) is 53.6 Å². The van der Waals surface area contributed by atoms with Crippen molar-refractivity contribution in [3.63, 3.8) is 0 Å². The molecule has 0 saturated heterocycles. The molecule has 0 spiro atoms. The van der Waals surface area contributed by atoms with Crippen LogP contribution in [-0.4, -0.2) is 32.8 Å². The van der Waals surface area contributed by atoms with Crippen molar-refractivity contribution in [2.45, 2.75) is 24.9 Å². The van der Waals surface area contributed by atoms with Gasteiger partial charge in [0, 0.05) is 54.7 Å². The summed E-state index contributed by atoms with van der Waals surface area (Å²) in [4.78, 5) is 18.0. The number of nitrogens with zero attached hydrogens (tertiary/aromatic N) is 4. The van der Waals surface area contributed by atoms with Gasteiger partial charge < -0.3 is 4.74 Å². The van der Waals surface area contributed by atoms with Crippen LogP contribution in [0.1, 0.15) is 19.8 Å². The van der Waals surface area contributed by atoms with Gasteiger partial charge in [0.2, 0.25) is 0 Å². The highest BCUT2D eigenvalue weighted by Crippen LogP contribution is 2.38. The molecule has 0 amide bonds. The molecule has 49 heavy (non-hydrogen) atoms. The van der Waals surface area contributed by atoms with Gasteiger partial charge in [-0.2, -0.15) is 4.98 Å². The van der Waals surface area contributed by atoms with E-state index in [4.69, 9.17) is 74.3 Å². The zero-order chi connectivity index (χ0) is 34.9. The summed E-state index contributed by atoms with van der Waals surface area (Å²) in [5, 5.41) is 4.26. The molecule has 0 aliphatic rings. The predicted octanol–water partition coefficient (Wildman–Crippen LogP) is 13.4. The summed E-state index contributed by atoms with van der Waals surface area (Å²) >= 11 is 38.3. The molecule has 2 aromatic heterocycles. The smallest absolute Gasteiger partial charge is 0.316 e. The number of aromatic nitrogens is 4. The lowest BCUT2D eigenvalue weighted by Gasteiger charge is -2.13. The maximum atomic E-state index is 6.42. The van der Waals surface area contributed by atoms with Crippen molar-refractivity contribution in [2.24, 2.45) is 0 Å². The van der Waals surface area contributed by atoms with Crippen molar-refractivity contribution in [2.75, 3.05) is 12.9 Å². The van der Waals surface area contributed by atoms with Crippen LogP contribution in [0.4, 0.5) is 0 Å². The van der Waals surface area contributed by atoms with E-state index < -0.39 is 0 Å². The largest absolute Gasteiger partial charge is 0.463 e. The van der Waals surface area contributed by atoms with Gasteiger partial charge in [0.1, 0.15) is 0 Å². The van der Waals surface area contributed by atoms with Gasteiger partial charge in [-0.3, -0.25) is 0 Å². The summed E-state index contributed by atoms with van der Waals surface area (Å²) in [5.41, 5.74) is 6.70. The van der Waals surface area contributed by atoms with Gasteiger partial charge in [-0.1, -0.05) is 119 Å². The van der Waals surface area contributed by atoms with Gasteiger partial charge in [0.25, 0.3) is 0 Å². The van der Waals surface area contributed by atoms with Crippen molar-refractivity contribution in [1.29, 1.82) is 0 Å². The van der Waals surface area contributed by atoms with Crippen LogP contribution in [0.2, 0.25) is 30.1 Å². The summed E-state index contributed by atoms with van der Waals surface area (Å²) in [7, 11) is 0. The molecule has 6 aromatic rings. The first-order chi connectivity index (χ1) is 23.7. The van der Waals surface area contributed by atoms with Crippen LogP contribution in [0.15, 0.2) is 102 Å². The zero-order valence-electron chi connectivity index (χ0n) is 26.2. The molecule has 0 saturated carbocycles. The fraction of sp³-hybridized carbons (Fsp3) is 0.135. The van der Waals surface area contributed by atoms with Gasteiger partial charge in [-0.25, -0.2) is 15.0 Å². The Morgan fingerprint density at radius 3 is 1.51 bits per heavy atom. The van der Waals surface area contributed by atoms with Gasteiger partial charge >= 0.3 is 6.01 Å². The average Bonchev–Trinajstić information content (AvgIpc) is 3.09. The van der Waals surface area contributed by atoms with E-state index in [9.17, 15) is 0 Å². The Balaban J connectivity index is 0.000000192. The van der Waals surface area contributed by atoms with Crippen LogP contribution in [0.3, 0.4) is 0 Å². The van der Waals surface area contributed by atoms with E-state index in [2.05, 4.69) is 26.9 Å². The molecule has 0 unspecified atom stereocenters. The second-order valence-corrected chi connectivity index (χ2v) is 13.8. The molecule has 0 atom stereocenters. The molecule has 2 heterocycles. The third-order valence-electron chi connectivity index (χ3n) is 7.13. The Kier molecular flexibility index (Phi) is 13.5. The molecule has 0 fully saturated rings. The maximum absolute atomic E-state index is 6.42. The third kappa shape index (κ3) is 9.80. The Bertz CT molecular complexity index is 2050. The highest BCUT2D eigenvalue weighted by Gasteiger charge is 2.17. The first kappa shape index (κ1) is 37.2. The van der Waals surface area contributed by atoms with Crippen LogP contribution in [-0.2, 0) is 0 Å². The van der Waals surface area contributed by atoms with Gasteiger partial charge in [0.15, 0.2) is 5.16 Å². The number of halogens is 6. The topological polar surface area (TPSA) is 60.8 Å². The lowest BCUT2D eigenvalue weighted by atomic mass is 10.0. The summed E-state index contributed by atoms with van der Waals surface area (Å²) in [5.74, 6) is 0. The number of rotatable bonds is 9. The summed E-state index contributed by atoms with van der Waals surface area (Å²) < 4.78 is 5.67. The first-order valence-electron chi connectivity index (χ1n) is 15.0. The zero-order valence-corrected chi connectivity index (χ0v) is 31.6. The fourth-order valence-electron chi connectivity index (χ4n) is 4.66. The van der Waals surface area contributed by atoms with Crippen molar-refractivity contribution < 1.29 is 4.74 Å². The SMILES string of the molecule is CCCCOc1ncc(-c2ccc(Cl)cc2)c(-c2ccc(Cl)cc2Cl)n1.CSc1ncc(-c2ccc(Cl)cc2)c(-c2ccc(Cl)cc2Cl)n1. The van der Waals surface area contributed by atoms with Crippen LogP contribution in [0, 0.1) is 0 Å². The molecular weight excluding hydrogens is 761 g/mol. The molecule has 250 valence electrons. The molecule has 5 nitrogen and oxygen atoms in total. The van der Waals surface area contributed by atoms with E-state index in [1.165, 1.54) is 11.8 Å². The van der Waals surface area contributed by atoms with Crippen molar-refractivity contribution in [1.82, 2.24) is 19.9 Å². The quantitative estimate of drug-likeness (QED) is 0.0826. The van der Waals surface area contributed by atoms with Gasteiger partial charge in [-0.15, -0.1) is 0 Å². The number of unbranched alkanes of at least 4 members (excludes halogenated alkanes) is 1. The molecule has 12 heteroatoms. The van der Waals surface area contributed by atoms with Gasteiger partial charge in [0.05, 0.1) is 28.0 Å². The standard InChI is InChI=1S/C20H17Cl3N2O.C17H11Cl3N2S/c1-2-3-10-26-20-24-12-17(13-4-6-14(21)7-5-13)19(25-20)16-9-8-15(22)11-18(16)23;1-23-17-21-9-14(10-2-4-11(18)5-3-10)16(22-17)13-7-6-12(19)8-15(13)20/h4-9,11-12H,2-3,10H2,1H3;2-9H,1H3. The second kappa shape index (κ2) is 17.7. The normalized spacial score (nSPS) is 10.8. The minimum absolute atomic E-state index is 0.331. The maximum Gasteiger partial charge on any atom is 0.316 e. The Morgan fingerprint density at radius 1 is 0.571 bits per heavy atom. The lowest BCUT2D eigenvalue weighted by molar-refractivity contribution is 0.286. The highest BCUT2D eigenvalue weighted by molar-refractivity contribution is 7.98. The van der Waals surface area contributed by atoms with Crippen LogP contribution >= 0.6 is 81.4 Å². The summed E-state index contributed by atoms with van der Waals surface area (Å²) in [6, 6.07) is 26.1. The molecule has 6 rings (SSSR count). The first-order valence-corrected chi connectivity index (χ1v) is 18.5. The number of ether oxygens (including phenoxy) is 1. The molecule has 0 radical (unpaired) electrons.